The van der Waals surface area contributed by atoms with E-state index < -0.39 is 0 Å². The molecule has 0 bridgehead atoms. The fourth-order valence-electron chi connectivity index (χ4n) is 5.27. The summed E-state index contributed by atoms with van der Waals surface area (Å²) in [5.74, 6) is 0.685. The first-order chi connectivity index (χ1) is 14.4. The van der Waals surface area contributed by atoms with Crippen LogP contribution in [0.4, 0.5) is 0 Å². The Labute approximate surface area is 176 Å². The Balaban J connectivity index is 1.45. The third-order valence-corrected chi connectivity index (χ3v) is 6.76. The highest BCUT2D eigenvalue weighted by molar-refractivity contribution is 6.00. The van der Waals surface area contributed by atoms with Crippen LogP contribution in [0.25, 0.3) is 5.52 Å². The normalized spacial score (nSPS) is 23.2. The first kappa shape index (κ1) is 18.9. The fourth-order valence-corrected chi connectivity index (χ4v) is 5.27. The van der Waals surface area contributed by atoms with E-state index in [9.17, 15) is 9.59 Å². The summed E-state index contributed by atoms with van der Waals surface area (Å²) in [4.78, 5) is 29.7. The number of aromatic nitrogens is 2. The Hall–Kier alpha value is -3.15. The van der Waals surface area contributed by atoms with Crippen molar-refractivity contribution >= 4 is 17.3 Å². The van der Waals surface area contributed by atoms with Crippen molar-refractivity contribution in [3.05, 3.63) is 71.0 Å². The molecule has 3 atom stereocenters. The molecule has 6 nitrogen and oxygen atoms in total. The van der Waals surface area contributed by atoms with Crippen LogP contribution in [0.5, 0.6) is 0 Å². The molecule has 30 heavy (non-hydrogen) atoms. The van der Waals surface area contributed by atoms with Gasteiger partial charge in [0.05, 0.1) is 23.3 Å². The number of hydrogen-bond donors (Lipinski definition) is 0. The molecule has 0 N–H and O–H groups in total. The molecule has 0 aliphatic carbocycles. The number of amides is 2. The lowest BCUT2D eigenvalue weighted by molar-refractivity contribution is -0.130. The number of nitrogens with zero attached hydrogens (tertiary/aromatic N) is 4. The number of benzene rings is 1. The van der Waals surface area contributed by atoms with Gasteiger partial charge in [-0.1, -0.05) is 30.3 Å². The van der Waals surface area contributed by atoms with E-state index in [0.29, 0.717) is 31.1 Å². The predicted molar refractivity (Wildman–Crippen MR) is 114 cm³/mol. The molecule has 2 aromatic heterocycles. The van der Waals surface area contributed by atoms with Gasteiger partial charge in [-0.3, -0.25) is 9.59 Å². The van der Waals surface area contributed by atoms with E-state index in [2.05, 4.69) is 24.2 Å². The maximum Gasteiger partial charge on any atom is 0.257 e. The van der Waals surface area contributed by atoms with E-state index in [1.807, 2.05) is 47.2 Å². The zero-order chi connectivity index (χ0) is 21.0. The first-order valence-corrected chi connectivity index (χ1v) is 10.5. The number of carbonyl (C=O) groups is 2. The summed E-state index contributed by atoms with van der Waals surface area (Å²) in [6, 6.07) is 12.3. The van der Waals surface area contributed by atoms with Gasteiger partial charge in [-0.05, 0) is 36.6 Å². The van der Waals surface area contributed by atoms with Crippen molar-refractivity contribution in [1.29, 1.82) is 0 Å². The van der Waals surface area contributed by atoms with Crippen molar-refractivity contribution in [3.8, 4) is 0 Å². The average Bonchev–Trinajstić information content (AvgIpc) is 3.40. The number of carbonyl (C=O) groups excluding carboxylic acids is 2. The highest BCUT2D eigenvalue weighted by atomic mass is 16.2. The van der Waals surface area contributed by atoms with Gasteiger partial charge in [-0.2, -0.15) is 5.10 Å². The molecule has 0 unspecified atom stereocenters. The Kier molecular flexibility index (Phi) is 4.38. The van der Waals surface area contributed by atoms with Gasteiger partial charge in [0.15, 0.2) is 0 Å². The maximum absolute atomic E-state index is 13.4. The van der Waals surface area contributed by atoms with Crippen LogP contribution in [0, 0.1) is 25.7 Å². The molecule has 1 aromatic carbocycles. The summed E-state index contributed by atoms with van der Waals surface area (Å²) < 4.78 is 1.77. The van der Waals surface area contributed by atoms with Gasteiger partial charge in [0.2, 0.25) is 5.91 Å². The number of likely N-dealkylation sites (tertiary alicyclic amines) is 2. The maximum atomic E-state index is 13.4. The standard InChI is InChI=1S/C24H26N4O2/c1-15-8-9-22-20(10-25-28(22)11-15)24(30)26-12-18-13-27(17(3)29)23(21(18)14-26)19-7-5-4-6-16(19)2/h4-11,18,21,23H,12-14H2,1-3H3/t18-,21-,23+/m1/s1. The molecule has 2 amide bonds. The minimum atomic E-state index is 0.0260. The van der Waals surface area contributed by atoms with E-state index >= 15 is 0 Å². The number of rotatable bonds is 2. The second kappa shape index (κ2) is 6.97. The monoisotopic (exact) mass is 402 g/mol. The van der Waals surface area contributed by atoms with Crippen molar-refractivity contribution in [2.75, 3.05) is 19.6 Å². The molecule has 0 radical (unpaired) electrons. The summed E-state index contributed by atoms with van der Waals surface area (Å²) in [6.45, 7) is 7.80. The van der Waals surface area contributed by atoms with Crippen LogP contribution in [0.15, 0.2) is 48.8 Å². The number of hydrogen-bond acceptors (Lipinski definition) is 3. The molecule has 2 aliphatic heterocycles. The molecule has 2 saturated heterocycles. The zero-order valence-electron chi connectivity index (χ0n) is 17.6. The molecular weight excluding hydrogens is 376 g/mol. The van der Waals surface area contributed by atoms with Crippen molar-refractivity contribution in [2.45, 2.75) is 26.8 Å². The summed E-state index contributed by atoms with van der Waals surface area (Å²) in [5, 5.41) is 4.37. The summed E-state index contributed by atoms with van der Waals surface area (Å²) in [5.41, 5.74) is 4.97. The fraction of sp³-hybridized carbons (Fsp3) is 0.375. The van der Waals surface area contributed by atoms with Crippen molar-refractivity contribution < 1.29 is 9.59 Å². The van der Waals surface area contributed by atoms with Crippen molar-refractivity contribution in [1.82, 2.24) is 19.4 Å². The van der Waals surface area contributed by atoms with Crippen LogP contribution < -0.4 is 0 Å². The second-order valence-corrected chi connectivity index (χ2v) is 8.70. The van der Waals surface area contributed by atoms with Crippen LogP contribution in [-0.4, -0.2) is 50.9 Å². The quantitative estimate of drug-likeness (QED) is 0.661. The SMILES string of the molecule is CC(=O)N1C[C@H]2CN(C(=O)c3cnn4cc(C)ccc34)C[C@H]2[C@@H]1c1ccccc1C. The molecule has 5 rings (SSSR count). The highest BCUT2D eigenvalue weighted by Gasteiger charge is 2.49. The lowest BCUT2D eigenvalue weighted by Gasteiger charge is -2.30. The van der Waals surface area contributed by atoms with Crippen LogP contribution in [0.3, 0.4) is 0 Å². The van der Waals surface area contributed by atoms with Gasteiger partial charge >= 0.3 is 0 Å². The minimum absolute atomic E-state index is 0.0260. The Morgan fingerprint density at radius 1 is 1.03 bits per heavy atom. The van der Waals surface area contributed by atoms with Gasteiger partial charge in [-0.15, -0.1) is 0 Å². The topological polar surface area (TPSA) is 57.9 Å². The Morgan fingerprint density at radius 3 is 2.60 bits per heavy atom. The first-order valence-electron chi connectivity index (χ1n) is 10.5. The molecule has 154 valence electrons. The Morgan fingerprint density at radius 2 is 1.83 bits per heavy atom. The molecule has 2 fully saturated rings. The Bertz CT molecular complexity index is 1150. The van der Waals surface area contributed by atoms with Gasteiger partial charge in [-0.25, -0.2) is 4.52 Å². The molecule has 4 heterocycles. The molecule has 6 heteroatoms. The zero-order valence-corrected chi connectivity index (χ0v) is 17.6. The van der Waals surface area contributed by atoms with E-state index in [4.69, 9.17) is 0 Å². The average molecular weight is 402 g/mol. The summed E-state index contributed by atoms with van der Waals surface area (Å²) >= 11 is 0. The largest absolute Gasteiger partial charge is 0.338 e. The van der Waals surface area contributed by atoms with E-state index in [-0.39, 0.29) is 23.8 Å². The molecule has 0 saturated carbocycles. The second-order valence-electron chi connectivity index (χ2n) is 8.70. The third-order valence-electron chi connectivity index (χ3n) is 6.76. The lowest BCUT2D eigenvalue weighted by Crippen LogP contribution is -2.36. The number of pyridine rings is 1. The number of fused-ring (bicyclic) bond motifs is 2. The molecular formula is C24H26N4O2. The van der Waals surface area contributed by atoms with E-state index in [1.54, 1.807) is 17.6 Å². The molecule has 0 spiro atoms. The van der Waals surface area contributed by atoms with Crippen LogP contribution >= 0.6 is 0 Å². The van der Waals surface area contributed by atoms with Crippen LogP contribution in [-0.2, 0) is 4.79 Å². The van der Waals surface area contributed by atoms with E-state index in [1.165, 1.54) is 11.1 Å². The minimum Gasteiger partial charge on any atom is -0.338 e. The van der Waals surface area contributed by atoms with Gasteiger partial charge in [0.1, 0.15) is 0 Å². The van der Waals surface area contributed by atoms with Crippen LogP contribution in [0.1, 0.15) is 40.0 Å². The van der Waals surface area contributed by atoms with Gasteiger partial charge in [0.25, 0.3) is 5.91 Å². The summed E-state index contributed by atoms with van der Waals surface area (Å²) in [6.07, 6.45) is 3.61. The lowest BCUT2D eigenvalue weighted by atomic mass is 9.87. The predicted octanol–water partition coefficient (Wildman–Crippen LogP) is 3.24. The van der Waals surface area contributed by atoms with Crippen LogP contribution in [0.2, 0.25) is 0 Å². The molecule has 2 aliphatic rings. The third kappa shape index (κ3) is 2.90. The number of aryl methyl sites for hydroxylation is 2. The van der Waals surface area contributed by atoms with Crippen molar-refractivity contribution in [3.63, 3.8) is 0 Å². The smallest absolute Gasteiger partial charge is 0.257 e. The van der Waals surface area contributed by atoms with Gasteiger partial charge in [0, 0.05) is 44.6 Å². The summed E-state index contributed by atoms with van der Waals surface area (Å²) in [7, 11) is 0. The molecule has 3 aromatic rings. The highest BCUT2D eigenvalue weighted by Crippen LogP contribution is 2.46. The van der Waals surface area contributed by atoms with Crippen molar-refractivity contribution in [2.24, 2.45) is 11.8 Å². The van der Waals surface area contributed by atoms with Gasteiger partial charge < -0.3 is 9.80 Å². The van der Waals surface area contributed by atoms with E-state index in [0.717, 1.165) is 11.1 Å².